The fourth-order valence-corrected chi connectivity index (χ4v) is 2.85. The molecule has 0 saturated carbocycles. The molecule has 0 radical (unpaired) electrons. The normalized spacial score (nSPS) is 14.3. The van der Waals surface area contributed by atoms with Crippen LogP contribution in [0.3, 0.4) is 0 Å². The first-order valence-electron chi connectivity index (χ1n) is 7.43. The number of halogens is 1. The molecular weight excluding hydrogens is 265 g/mol. The summed E-state index contributed by atoms with van der Waals surface area (Å²) in [6, 6.07) is 4.79. The first-order chi connectivity index (χ1) is 10.1. The fourth-order valence-electron chi connectivity index (χ4n) is 2.85. The number of aryl methyl sites for hydroxylation is 1. The van der Waals surface area contributed by atoms with Gasteiger partial charge in [-0.25, -0.2) is 14.4 Å². The number of rotatable bonds is 2. The van der Waals surface area contributed by atoms with Gasteiger partial charge in [0.1, 0.15) is 5.82 Å². The molecule has 0 spiro atoms. The third-order valence-corrected chi connectivity index (χ3v) is 3.94. The molecule has 4 heteroatoms. The third-order valence-electron chi connectivity index (χ3n) is 3.94. The summed E-state index contributed by atoms with van der Waals surface area (Å²) in [7, 11) is 0. The van der Waals surface area contributed by atoms with Gasteiger partial charge in [-0.05, 0) is 36.6 Å². The molecule has 0 saturated heterocycles. The summed E-state index contributed by atoms with van der Waals surface area (Å²) < 4.78 is 13.3. The van der Waals surface area contributed by atoms with Crippen LogP contribution in [0.15, 0.2) is 18.2 Å². The van der Waals surface area contributed by atoms with Gasteiger partial charge in [-0.1, -0.05) is 13.8 Å². The Kier molecular flexibility index (Phi) is 3.72. The van der Waals surface area contributed by atoms with Crippen molar-refractivity contribution < 1.29 is 4.39 Å². The summed E-state index contributed by atoms with van der Waals surface area (Å²) in [5.74, 6) is 0.848. The van der Waals surface area contributed by atoms with Crippen LogP contribution in [0.1, 0.15) is 42.3 Å². The molecule has 1 aliphatic rings. The molecule has 2 aromatic rings. The summed E-state index contributed by atoms with van der Waals surface area (Å²) in [5.41, 5.74) is 5.26. The molecule has 0 amide bonds. The van der Waals surface area contributed by atoms with E-state index in [-0.39, 0.29) is 5.82 Å². The maximum atomic E-state index is 13.3. The maximum Gasteiger partial charge on any atom is 0.159 e. The quantitative estimate of drug-likeness (QED) is 0.919. The van der Waals surface area contributed by atoms with Crippen LogP contribution in [-0.4, -0.2) is 16.5 Å². The second kappa shape index (κ2) is 5.53. The molecule has 0 bridgehead atoms. The Labute approximate surface area is 124 Å². The maximum absolute atomic E-state index is 13.3. The fraction of sp³-hybridized carbons (Fsp3) is 0.412. The topological polar surface area (TPSA) is 37.8 Å². The van der Waals surface area contributed by atoms with E-state index < -0.39 is 0 Å². The average Bonchev–Trinajstić information content (AvgIpc) is 2.46. The van der Waals surface area contributed by atoms with Crippen LogP contribution in [-0.2, 0) is 13.0 Å². The van der Waals surface area contributed by atoms with Gasteiger partial charge >= 0.3 is 0 Å². The molecule has 0 aliphatic carbocycles. The van der Waals surface area contributed by atoms with Gasteiger partial charge < -0.3 is 5.32 Å². The van der Waals surface area contributed by atoms with Gasteiger partial charge in [0.25, 0.3) is 0 Å². The SMILES string of the molecule is Cc1cc(F)ccc1-c1nc2c(c(C(C)C)n1)CNCC2. The van der Waals surface area contributed by atoms with Crippen LogP contribution < -0.4 is 5.32 Å². The van der Waals surface area contributed by atoms with Crippen LogP contribution in [0.25, 0.3) is 11.4 Å². The predicted molar refractivity (Wildman–Crippen MR) is 81.7 cm³/mol. The molecule has 3 rings (SSSR count). The van der Waals surface area contributed by atoms with Gasteiger partial charge in [0.2, 0.25) is 0 Å². The highest BCUT2D eigenvalue weighted by molar-refractivity contribution is 5.60. The number of nitrogens with zero attached hydrogens (tertiary/aromatic N) is 2. The van der Waals surface area contributed by atoms with Gasteiger partial charge in [0.05, 0.1) is 11.4 Å². The van der Waals surface area contributed by atoms with E-state index in [1.807, 2.05) is 6.92 Å². The van der Waals surface area contributed by atoms with Crippen LogP contribution in [0.2, 0.25) is 0 Å². The molecule has 1 N–H and O–H groups in total. The minimum Gasteiger partial charge on any atom is -0.312 e. The lowest BCUT2D eigenvalue weighted by atomic mass is 9.97. The Hall–Kier alpha value is -1.81. The van der Waals surface area contributed by atoms with Gasteiger partial charge in [-0.2, -0.15) is 0 Å². The van der Waals surface area contributed by atoms with Crippen molar-refractivity contribution in [2.24, 2.45) is 0 Å². The molecule has 110 valence electrons. The minimum atomic E-state index is -0.220. The smallest absolute Gasteiger partial charge is 0.159 e. The summed E-state index contributed by atoms with van der Waals surface area (Å²) >= 11 is 0. The highest BCUT2D eigenvalue weighted by Gasteiger charge is 2.20. The van der Waals surface area contributed by atoms with E-state index >= 15 is 0 Å². The first kappa shape index (κ1) is 14.1. The average molecular weight is 285 g/mol. The van der Waals surface area contributed by atoms with Crippen molar-refractivity contribution in [3.8, 4) is 11.4 Å². The van der Waals surface area contributed by atoms with Crippen LogP contribution in [0, 0.1) is 12.7 Å². The summed E-state index contributed by atoms with van der Waals surface area (Å²) in [6.45, 7) is 7.99. The van der Waals surface area contributed by atoms with Crippen molar-refractivity contribution in [3.05, 3.63) is 46.5 Å². The van der Waals surface area contributed by atoms with E-state index in [2.05, 4.69) is 19.2 Å². The van der Waals surface area contributed by atoms with Crippen molar-refractivity contribution in [3.63, 3.8) is 0 Å². The predicted octanol–water partition coefficient (Wildman–Crippen LogP) is 3.36. The van der Waals surface area contributed by atoms with Gasteiger partial charge in [-0.15, -0.1) is 0 Å². The molecule has 0 unspecified atom stereocenters. The summed E-state index contributed by atoms with van der Waals surface area (Å²) in [4.78, 5) is 9.52. The Bertz CT molecular complexity index is 680. The molecule has 21 heavy (non-hydrogen) atoms. The molecule has 2 heterocycles. The number of aromatic nitrogens is 2. The lowest BCUT2D eigenvalue weighted by Crippen LogP contribution is -2.27. The number of fused-ring (bicyclic) bond motifs is 1. The molecule has 1 aliphatic heterocycles. The lowest BCUT2D eigenvalue weighted by molar-refractivity contribution is 0.609. The Morgan fingerprint density at radius 3 is 2.76 bits per heavy atom. The number of hydrogen-bond donors (Lipinski definition) is 1. The second-order valence-corrected chi connectivity index (χ2v) is 5.90. The zero-order valence-electron chi connectivity index (χ0n) is 12.7. The lowest BCUT2D eigenvalue weighted by Gasteiger charge is -2.22. The second-order valence-electron chi connectivity index (χ2n) is 5.90. The summed E-state index contributed by atoms with van der Waals surface area (Å²) in [6.07, 6.45) is 0.921. The van der Waals surface area contributed by atoms with Crippen molar-refractivity contribution in [1.82, 2.24) is 15.3 Å². The molecule has 0 atom stereocenters. The van der Waals surface area contributed by atoms with E-state index in [0.717, 1.165) is 47.8 Å². The van der Waals surface area contributed by atoms with Crippen molar-refractivity contribution in [1.29, 1.82) is 0 Å². The van der Waals surface area contributed by atoms with E-state index in [4.69, 9.17) is 9.97 Å². The van der Waals surface area contributed by atoms with E-state index in [1.54, 1.807) is 6.07 Å². The number of benzene rings is 1. The first-order valence-corrected chi connectivity index (χ1v) is 7.43. The van der Waals surface area contributed by atoms with Gasteiger partial charge in [0, 0.05) is 30.6 Å². The third kappa shape index (κ3) is 2.68. The minimum absolute atomic E-state index is 0.220. The zero-order valence-corrected chi connectivity index (χ0v) is 12.7. The van der Waals surface area contributed by atoms with Crippen molar-refractivity contribution >= 4 is 0 Å². The van der Waals surface area contributed by atoms with Crippen LogP contribution in [0.4, 0.5) is 4.39 Å². The molecule has 3 nitrogen and oxygen atoms in total. The highest BCUT2D eigenvalue weighted by Crippen LogP contribution is 2.27. The largest absolute Gasteiger partial charge is 0.312 e. The van der Waals surface area contributed by atoms with E-state index in [9.17, 15) is 4.39 Å². The molecule has 1 aromatic carbocycles. The Balaban J connectivity index is 2.17. The van der Waals surface area contributed by atoms with E-state index in [1.165, 1.54) is 17.7 Å². The van der Waals surface area contributed by atoms with Crippen molar-refractivity contribution in [2.45, 2.75) is 39.7 Å². The molecular formula is C17H20FN3. The van der Waals surface area contributed by atoms with Crippen molar-refractivity contribution in [2.75, 3.05) is 6.54 Å². The standard InChI is InChI=1S/C17H20FN3/c1-10(2)16-14-9-19-7-6-15(14)20-17(21-16)13-5-4-12(18)8-11(13)3/h4-5,8,10,19H,6-7,9H2,1-3H3. The van der Waals surface area contributed by atoms with E-state index in [0.29, 0.717) is 5.92 Å². The Morgan fingerprint density at radius 1 is 1.24 bits per heavy atom. The molecule has 1 aromatic heterocycles. The molecule has 0 fully saturated rings. The monoisotopic (exact) mass is 285 g/mol. The summed E-state index contributed by atoms with van der Waals surface area (Å²) in [5, 5.41) is 3.38. The van der Waals surface area contributed by atoms with Crippen LogP contribution >= 0.6 is 0 Å². The number of hydrogen-bond acceptors (Lipinski definition) is 3. The van der Waals surface area contributed by atoms with Gasteiger partial charge in [0.15, 0.2) is 5.82 Å². The number of nitrogens with one attached hydrogen (secondary N) is 1. The van der Waals surface area contributed by atoms with Crippen LogP contribution in [0.5, 0.6) is 0 Å². The van der Waals surface area contributed by atoms with Gasteiger partial charge in [-0.3, -0.25) is 0 Å². The highest BCUT2D eigenvalue weighted by atomic mass is 19.1. The zero-order chi connectivity index (χ0) is 15.0. The Morgan fingerprint density at radius 2 is 2.05 bits per heavy atom.